The molecule has 2 atom stereocenters. The number of carbonyl (C=O) groups excluding carboxylic acids is 2. The van der Waals surface area contributed by atoms with Crippen LogP contribution in [0.25, 0.3) is 22.2 Å². The van der Waals surface area contributed by atoms with Gasteiger partial charge >= 0.3 is 0 Å². The van der Waals surface area contributed by atoms with E-state index in [-0.39, 0.29) is 29.4 Å². The highest BCUT2D eigenvalue weighted by atomic mass is 35.5. The Morgan fingerprint density at radius 1 is 1.16 bits per heavy atom. The molecule has 11 heteroatoms. The fourth-order valence-corrected chi connectivity index (χ4v) is 5.90. The molecule has 1 saturated carbocycles. The Hall–Kier alpha value is -3.95. The van der Waals surface area contributed by atoms with Gasteiger partial charge in [0.15, 0.2) is 0 Å². The van der Waals surface area contributed by atoms with Gasteiger partial charge in [-0.3, -0.25) is 9.59 Å². The van der Waals surface area contributed by atoms with E-state index in [1.54, 1.807) is 38.1 Å². The Morgan fingerprint density at radius 3 is 2.60 bits per heavy atom. The van der Waals surface area contributed by atoms with Gasteiger partial charge in [-0.25, -0.2) is 14.4 Å². The summed E-state index contributed by atoms with van der Waals surface area (Å²) in [5.74, 6) is -0.389. The zero-order valence-electron chi connectivity index (χ0n) is 23.8. The molecule has 2 aliphatic rings. The molecule has 3 N–H and O–H groups in total. The lowest BCUT2D eigenvalue weighted by Crippen LogP contribution is -2.40. The molecule has 43 heavy (non-hydrogen) atoms. The van der Waals surface area contributed by atoms with Crippen molar-refractivity contribution in [3.63, 3.8) is 0 Å². The first-order chi connectivity index (χ1) is 20.5. The molecule has 1 aliphatic carbocycles. The van der Waals surface area contributed by atoms with E-state index < -0.39 is 17.1 Å². The van der Waals surface area contributed by atoms with Crippen LogP contribution in [0.2, 0.25) is 10.0 Å². The third-order valence-electron chi connectivity index (χ3n) is 8.38. The van der Waals surface area contributed by atoms with Crippen molar-refractivity contribution in [3.8, 4) is 22.8 Å². The molecule has 6 rings (SSSR count). The summed E-state index contributed by atoms with van der Waals surface area (Å²) in [5.41, 5.74) is 8.70. The number of aromatic nitrogens is 2. The predicted octanol–water partition coefficient (Wildman–Crippen LogP) is 6.12. The first-order valence-corrected chi connectivity index (χ1v) is 14.6. The SMILES string of the molecule is COc1cc(C(=O)NC[C@H](c2cc3c(c(-c4ccc(F)c(Cl)c4)n2)OC[C@]3(C)C(N)=O)C2CC2)cc2cc(Cl)c(C)nc12. The summed E-state index contributed by atoms with van der Waals surface area (Å²) in [4.78, 5) is 35.5. The number of primary amides is 1. The molecule has 4 aromatic rings. The van der Waals surface area contributed by atoms with Crippen molar-refractivity contribution >= 4 is 45.9 Å². The third kappa shape index (κ3) is 5.25. The van der Waals surface area contributed by atoms with Gasteiger partial charge in [-0.1, -0.05) is 23.2 Å². The van der Waals surface area contributed by atoms with Crippen LogP contribution in [0.3, 0.4) is 0 Å². The smallest absolute Gasteiger partial charge is 0.251 e. The number of nitrogens with two attached hydrogens (primary N) is 1. The summed E-state index contributed by atoms with van der Waals surface area (Å²) in [7, 11) is 1.53. The molecule has 8 nitrogen and oxygen atoms in total. The number of amides is 2. The van der Waals surface area contributed by atoms with Gasteiger partial charge in [0.1, 0.15) is 40.5 Å². The Kier molecular flexibility index (Phi) is 7.42. The molecule has 0 unspecified atom stereocenters. The van der Waals surface area contributed by atoms with E-state index >= 15 is 0 Å². The van der Waals surface area contributed by atoms with Gasteiger partial charge in [-0.2, -0.15) is 0 Å². The van der Waals surface area contributed by atoms with Crippen LogP contribution < -0.4 is 20.5 Å². The maximum absolute atomic E-state index is 14.0. The number of hydrogen-bond donors (Lipinski definition) is 2. The second-order valence-electron chi connectivity index (χ2n) is 11.3. The highest BCUT2D eigenvalue weighted by molar-refractivity contribution is 6.32. The summed E-state index contributed by atoms with van der Waals surface area (Å²) < 4.78 is 25.5. The van der Waals surface area contributed by atoms with Crippen LogP contribution in [-0.2, 0) is 10.2 Å². The van der Waals surface area contributed by atoms with Gasteiger partial charge < -0.3 is 20.5 Å². The van der Waals surface area contributed by atoms with Crippen molar-refractivity contribution in [3.05, 3.63) is 80.8 Å². The minimum absolute atomic E-state index is 0.0533. The average Bonchev–Trinajstić information content (AvgIpc) is 3.76. The molecule has 2 aromatic heterocycles. The minimum Gasteiger partial charge on any atom is -0.494 e. The highest BCUT2D eigenvalue weighted by Gasteiger charge is 2.45. The van der Waals surface area contributed by atoms with Gasteiger partial charge in [-0.15, -0.1) is 0 Å². The number of fused-ring (bicyclic) bond motifs is 2. The molecule has 0 radical (unpaired) electrons. The number of ether oxygens (including phenoxy) is 2. The summed E-state index contributed by atoms with van der Waals surface area (Å²) in [6.07, 6.45) is 1.93. The van der Waals surface area contributed by atoms with E-state index in [9.17, 15) is 14.0 Å². The van der Waals surface area contributed by atoms with Crippen LogP contribution in [-0.4, -0.2) is 42.0 Å². The van der Waals surface area contributed by atoms with Gasteiger partial charge in [-0.05, 0) is 75.1 Å². The number of pyridine rings is 2. The third-order valence-corrected chi connectivity index (χ3v) is 9.05. The van der Waals surface area contributed by atoms with Gasteiger partial charge in [0.25, 0.3) is 5.91 Å². The van der Waals surface area contributed by atoms with Crippen molar-refractivity contribution in [1.29, 1.82) is 0 Å². The molecule has 3 heterocycles. The first-order valence-electron chi connectivity index (χ1n) is 13.9. The molecular weight excluding hydrogens is 594 g/mol. The van der Waals surface area contributed by atoms with Gasteiger partial charge in [0.2, 0.25) is 5.91 Å². The molecule has 0 bridgehead atoms. The number of nitrogens with zero attached hydrogens (tertiary/aromatic N) is 2. The van der Waals surface area contributed by atoms with Crippen molar-refractivity contribution < 1.29 is 23.5 Å². The van der Waals surface area contributed by atoms with Crippen LogP contribution in [0, 0.1) is 18.7 Å². The van der Waals surface area contributed by atoms with Crippen molar-refractivity contribution in [2.24, 2.45) is 11.7 Å². The standard InChI is InChI=1S/C32H29Cl2FN4O4/c1-15-22(33)10-18-8-19(11-26(42-3)27(18)38-15)30(40)37-13-20(16-4-5-16)25-12-21-29(43-14-32(21,2)31(36)41)28(39-25)17-6-7-24(35)23(34)9-17/h6-12,16,20H,4-5,13-14H2,1-3H3,(H2,36,41)(H,37,40)/t20-,32-/m0/s1. The monoisotopic (exact) mass is 622 g/mol. The number of hydrogen-bond acceptors (Lipinski definition) is 6. The number of methoxy groups -OCH3 is 1. The number of nitrogens with one attached hydrogen (secondary N) is 1. The Balaban J connectivity index is 1.36. The zero-order chi connectivity index (χ0) is 30.6. The normalized spacial score (nSPS) is 18.2. The average molecular weight is 624 g/mol. The summed E-state index contributed by atoms with van der Waals surface area (Å²) >= 11 is 12.4. The largest absolute Gasteiger partial charge is 0.494 e. The van der Waals surface area contributed by atoms with Crippen molar-refractivity contribution in [2.75, 3.05) is 20.3 Å². The van der Waals surface area contributed by atoms with Crippen LogP contribution in [0.5, 0.6) is 11.5 Å². The van der Waals surface area contributed by atoms with E-state index in [1.807, 2.05) is 6.07 Å². The Bertz CT molecular complexity index is 1810. The second-order valence-corrected chi connectivity index (χ2v) is 12.2. The summed E-state index contributed by atoms with van der Waals surface area (Å²) in [5, 5.41) is 4.19. The lowest BCUT2D eigenvalue weighted by atomic mass is 9.82. The molecule has 1 aliphatic heterocycles. The number of benzene rings is 2. The van der Waals surface area contributed by atoms with E-state index in [0.29, 0.717) is 67.7 Å². The minimum atomic E-state index is -1.09. The van der Waals surface area contributed by atoms with Crippen LogP contribution in [0.15, 0.2) is 42.5 Å². The maximum Gasteiger partial charge on any atom is 0.251 e. The van der Waals surface area contributed by atoms with E-state index in [2.05, 4.69) is 10.3 Å². The summed E-state index contributed by atoms with van der Waals surface area (Å²) in [6, 6.07) is 11.3. The molecule has 2 amide bonds. The molecule has 0 saturated heterocycles. The molecular formula is C32H29Cl2FN4O4. The quantitative estimate of drug-likeness (QED) is 0.244. The first kappa shape index (κ1) is 29.1. The number of rotatable bonds is 8. The van der Waals surface area contributed by atoms with Crippen molar-refractivity contribution in [2.45, 2.75) is 38.0 Å². The van der Waals surface area contributed by atoms with Gasteiger partial charge in [0.05, 0.1) is 22.8 Å². The Morgan fingerprint density at radius 2 is 1.93 bits per heavy atom. The molecule has 0 spiro atoms. The molecule has 1 fully saturated rings. The van der Waals surface area contributed by atoms with Crippen LogP contribution in [0.4, 0.5) is 4.39 Å². The lowest BCUT2D eigenvalue weighted by molar-refractivity contribution is -0.123. The van der Waals surface area contributed by atoms with E-state index in [1.165, 1.54) is 19.2 Å². The predicted molar refractivity (Wildman–Crippen MR) is 163 cm³/mol. The fraction of sp³-hybridized carbons (Fsp3) is 0.312. The Labute approximate surface area is 257 Å². The second kappa shape index (κ2) is 11.0. The van der Waals surface area contributed by atoms with Gasteiger partial charge in [0, 0.05) is 40.2 Å². The molecule has 2 aromatic carbocycles. The maximum atomic E-state index is 14.0. The highest BCUT2D eigenvalue weighted by Crippen LogP contribution is 2.48. The van der Waals surface area contributed by atoms with Crippen molar-refractivity contribution in [1.82, 2.24) is 15.3 Å². The molecule has 222 valence electrons. The zero-order valence-corrected chi connectivity index (χ0v) is 25.3. The van der Waals surface area contributed by atoms with Crippen LogP contribution in [0.1, 0.15) is 53.0 Å². The summed E-state index contributed by atoms with van der Waals surface area (Å²) in [6.45, 7) is 3.88. The number of halogens is 3. The number of aryl methyl sites for hydroxylation is 1. The van der Waals surface area contributed by atoms with E-state index in [0.717, 1.165) is 12.8 Å². The van der Waals surface area contributed by atoms with E-state index in [4.69, 9.17) is 43.4 Å². The lowest BCUT2D eigenvalue weighted by Gasteiger charge is -2.22. The van der Waals surface area contributed by atoms with Crippen LogP contribution >= 0.6 is 23.2 Å². The number of carbonyl (C=O) groups is 2. The fourth-order valence-electron chi connectivity index (χ4n) is 5.56. The topological polar surface area (TPSA) is 116 Å².